The number of aromatic nitrogens is 1. The summed E-state index contributed by atoms with van der Waals surface area (Å²) in [6, 6.07) is 8.04. The number of benzene rings is 1. The van der Waals surface area contributed by atoms with Gasteiger partial charge in [0.25, 0.3) is 5.91 Å². The molecule has 1 amide bonds. The van der Waals surface area contributed by atoms with Crippen LogP contribution in [0.25, 0.3) is 10.6 Å². The number of hydrogen-bond acceptors (Lipinski definition) is 4. The third-order valence-corrected chi connectivity index (χ3v) is 7.58. The van der Waals surface area contributed by atoms with Crippen LogP contribution in [0.5, 0.6) is 0 Å². The van der Waals surface area contributed by atoms with Crippen molar-refractivity contribution < 1.29 is 9.59 Å². The summed E-state index contributed by atoms with van der Waals surface area (Å²) in [6.45, 7) is 2.59. The van der Waals surface area contributed by atoms with E-state index in [0.717, 1.165) is 48.1 Å². The van der Waals surface area contributed by atoms with Gasteiger partial charge in [0.15, 0.2) is 0 Å². The lowest BCUT2D eigenvalue weighted by atomic mass is 9.78. The van der Waals surface area contributed by atoms with Crippen molar-refractivity contribution in [2.45, 2.75) is 56.4 Å². The van der Waals surface area contributed by atoms with E-state index in [4.69, 9.17) is 11.6 Å². The first kappa shape index (κ1) is 19.6. The lowest BCUT2D eigenvalue weighted by Gasteiger charge is -2.46. The molecule has 4 unspecified atom stereocenters. The van der Waals surface area contributed by atoms with Crippen LogP contribution in [0.3, 0.4) is 0 Å². The van der Waals surface area contributed by atoms with Crippen molar-refractivity contribution in [3.63, 3.8) is 0 Å². The minimum atomic E-state index is -0.204. The molecular formula is C22H25ClN2O2S. The number of hydrogen-bond donors (Lipinski definition) is 0. The van der Waals surface area contributed by atoms with Gasteiger partial charge in [-0.3, -0.25) is 4.79 Å². The number of fused-ring (bicyclic) bond motifs is 1. The summed E-state index contributed by atoms with van der Waals surface area (Å²) in [4.78, 5) is 31.2. The van der Waals surface area contributed by atoms with E-state index in [-0.39, 0.29) is 23.2 Å². The number of carbonyl (C=O) groups excluding carboxylic acids is 2. The second kappa shape index (κ2) is 8.34. The Morgan fingerprint density at radius 3 is 2.89 bits per heavy atom. The van der Waals surface area contributed by atoms with E-state index in [9.17, 15) is 9.59 Å². The lowest BCUT2D eigenvalue weighted by Crippen LogP contribution is -2.53. The summed E-state index contributed by atoms with van der Waals surface area (Å²) < 4.78 is 0. The number of amides is 1. The van der Waals surface area contributed by atoms with Crippen LogP contribution in [0.15, 0.2) is 29.6 Å². The number of likely N-dealkylation sites (tertiary alicyclic amines) is 1. The van der Waals surface area contributed by atoms with Gasteiger partial charge in [-0.2, -0.15) is 0 Å². The predicted molar refractivity (Wildman–Crippen MR) is 113 cm³/mol. The van der Waals surface area contributed by atoms with Crippen molar-refractivity contribution in [2.24, 2.45) is 5.92 Å². The van der Waals surface area contributed by atoms with Crippen LogP contribution < -0.4 is 0 Å². The molecule has 4 rings (SSSR count). The molecule has 0 spiro atoms. The largest absolute Gasteiger partial charge is 0.334 e. The standard InChI is InChI=1S/C22H25ClN2O2S/c1-14(12-26)15-6-2-3-7-16(15)21-24-19(13-28-21)22(27)25-11-10-18(23)17-8-4-5-9-20(17)25/h2-3,6-7,12-14,17-18,20H,4-5,8-11H2,1H3. The van der Waals surface area contributed by atoms with Crippen molar-refractivity contribution in [1.29, 1.82) is 0 Å². The average Bonchev–Trinajstić information content (AvgIpc) is 3.23. The first-order chi connectivity index (χ1) is 13.6. The third-order valence-electron chi connectivity index (χ3n) is 6.16. The van der Waals surface area contributed by atoms with Crippen LogP contribution in [-0.4, -0.2) is 40.0 Å². The summed E-state index contributed by atoms with van der Waals surface area (Å²) in [5.74, 6) is 0.217. The highest BCUT2D eigenvalue weighted by Gasteiger charge is 2.41. The van der Waals surface area contributed by atoms with Crippen LogP contribution in [0.2, 0.25) is 0 Å². The second-order valence-corrected chi connectivity index (χ2v) is 9.29. The van der Waals surface area contributed by atoms with Crippen molar-refractivity contribution in [2.75, 3.05) is 6.54 Å². The Morgan fingerprint density at radius 2 is 2.07 bits per heavy atom. The van der Waals surface area contributed by atoms with Gasteiger partial charge in [0.1, 0.15) is 17.0 Å². The molecule has 0 radical (unpaired) electrons. The molecule has 0 bridgehead atoms. The topological polar surface area (TPSA) is 50.3 Å². The minimum absolute atomic E-state index is 0.0175. The van der Waals surface area contributed by atoms with Crippen molar-refractivity contribution >= 4 is 35.1 Å². The fourth-order valence-electron chi connectivity index (χ4n) is 4.65. The SMILES string of the molecule is CC(C=O)c1ccccc1-c1nc(C(=O)N2CCC(Cl)C3CCCCC32)cs1. The van der Waals surface area contributed by atoms with Crippen molar-refractivity contribution in [3.05, 3.63) is 40.9 Å². The third kappa shape index (κ3) is 3.62. The number of alkyl halides is 1. The van der Waals surface area contributed by atoms with E-state index >= 15 is 0 Å². The molecule has 2 fully saturated rings. The molecule has 1 saturated carbocycles. The van der Waals surface area contributed by atoms with Gasteiger partial charge in [-0.25, -0.2) is 4.98 Å². The zero-order valence-corrected chi connectivity index (χ0v) is 17.6. The molecule has 1 saturated heterocycles. The molecule has 148 valence electrons. The molecule has 2 heterocycles. The van der Waals surface area contributed by atoms with Gasteiger partial charge in [0.05, 0.1) is 0 Å². The summed E-state index contributed by atoms with van der Waals surface area (Å²) in [6.07, 6.45) is 6.31. The molecule has 4 nitrogen and oxygen atoms in total. The van der Waals surface area contributed by atoms with E-state index < -0.39 is 0 Å². The Bertz CT molecular complexity index is 868. The first-order valence-corrected chi connectivity index (χ1v) is 11.4. The highest BCUT2D eigenvalue weighted by atomic mass is 35.5. The Kier molecular flexibility index (Phi) is 5.83. The van der Waals surface area contributed by atoms with E-state index in [0.29, 0.717) is 18.2 Å². The zero-order chi connectivity index (χ0) is 19.7. The lowest BCUT2D eigenvalue weighted by molar-refractivity contribution is -0.108. The van der Waals surface area contributed by atoms with Gasteiger partial charge in [-0.05, 0) is 30.7 Å². The summed E-state index contributed by atoms with van der Waals surface area (Å²) in [5, 5.41) is 2.82. The molecule has 28 heavy (non-hydrogen) atoms. The minimum Gasteiger partial charge on any atom is -0.334 e. The molecule has 2 aromatic rings. The Balaban J connectivity index is 1.60. The molecular weight excluding hydrogens is 392 g/mol. The van der Waals surface area contributed by atoms with Gasteiger partial charge in [-0.1, -0.05) is 44.0 Å². The number of carbonyl (C=O) groups is 2. The zero-order valence-electron chi connectivity index (χ0n) is 16.0. The van der Waals surface area contributed by atoms with E-state index in [1.807, 2.05) is 41.5 Å². The Labute approximate surface area is 174 Å². The maximum absolute atomic E-state index is 13.3. The molecule has 4 atom stereocenters. The maximum Gasteiger partial charge on any atom is 0.273 e. The number of rotatable bonds is 4. The van der Waals surface area contributed by atoms with Crippen LogP contribution >= 0.6 is 22.9 Å². The van der Waals surface area contributed by atoms with Gasteiger partial charge in [0, 0.05) is 34.8 Å². The van der Waals surface area contributed by atoms with E-state index in [1.54, 1.807) is 0 Å². The summed E-state index contributed by atoms with van der Waals surface area (Å²) in [5.41, 5.74) is 2.38. The van der Waals surface area contributed by atoms with Crippen LogP contribution in [-0.2, 0) is 4.79 Å². The van der Waals surface area contributed by atoms with Gasteiger partial charge in [0.2, 0.25) is 0 Å². The van der Waals surface area contributed by atoms with Crippen molar-refractivity contribution in [3.8, 4) is 10.6 Å². The van der Waals surface area contributed by atoms with Gasteiger partial charge in [-0.15, -0.1) is 22.9 Å². The second-order valence-electron chi connectivity index (χ2n) is 7.87. The first-order valence-electron chi connectivity index (χ1n) is 10.0. The number of aldehydes is 1. The highest BCUT2D eigenvalue weighted by molar-refractivity contribution is 7.13. The van der Waals surface area contributed by atoms with E-state index in [1.165, 1.54) is 17.8 Å². The monoisotopic (exact) mass is 416 g/mol. The number of piperidine rings is 1. The van der Waals surface area contributed by atoms with Crippen LogP contribution in [0.4, 0.5) is 0 Å². The fraction of sp³-hybridized carbons (Fsp3) is 0.500. The molecule has 1 aliphatic carbocycles. The Hall–Kier alpha value is -1.72. The quantitative estimate of drug-likeness (QED) is 0.513. The smallest absolute Gasteiger partial charge is 0.273 e. The molecule has 0 N–H and O–H groups in total. The van der Waals surface area contributed by atoms with Gasteiger partial charge < -0.3 is 9.69 Å². The molecule has 1 aliphatic heterocycles. The number of nitrogens with zero attached hydrogens (tertiary/aromatic N) is 2. The summed E-state index contributed by atoms with van der Waals surface area (Å²) >= 11 is 8.04. The van der Waals surface area contributed by atoms with Gasteiger partial charge >= 0.3 is 0 Å². The van der Waals surface area contributed by atoms with E-state index in [2.05, 4.69) is 4.98 Å². The summed E-state index contributed by atoms with van der Waals surface area (Å²) in [7, 11) is 0. The fourth-order valence-corrected chi connectivity index (χ4v) is 5.88. The molecule has 1 aromatic heterocycles. The Morgan fingerprint density at radius 1 is 1.29 bits per heavy atom. The van der Waals surface area contributed by atoms with Crippen LogP contribution in [0, 0.1) is 5.92 Å². The van der Waals surface area contributed by atoms with Crippen molar-refractivity contribution in [1.82, 2.24) is 9.88 Å². The molecule has 2 aliphatic rings. The molecule has 1 aromatic carbocycles. The highest BCUT2D eigenvalue weighted by Crippen LogP contribution is 2.39. The average molecular weight is 417 g/mol. The van der Waals surface area contributed by atoms with Crippen LogP contribution in [0.1, 0.15) is 61.0 Å². The normalized spacial score (nSPS) is 25.8. The number of thiazole rings is 1. The molecule has 6 heteroatoms. The number of halogens is 1. The maximum atomic E-state index is 13.3. The predicted octanol–water partition coefficient (Wildman–Crippen LogP) is 5.12.